The van der Waals surface area contributed by atoms with Crippen LogP contribution in [-0.2, 0) is 26.2 Å². The van der Waals surface area contributed by atoms with Crippen LogP contribution in [0.1, 0.15) is 44.2 Å². The Morgan fingerprint density at radius 3 is 2.29 bits per heavy atom. The van der Waals surface area contributed by atoms with Crippen LogP contribution < -0.4 is 21.1 Å². The van der Waals surface area contributed by atoms with Gasteiger partial charge in [-0.1, -0.05) is 38.1 Å². The Labute approximate surface area is 188 Å². The Balaban J connectivity index is 2.77. The fourth-order valence-corrected chi connectivity index (χ4v) is 4.59. The normalized spacial score (nSPS) is 13.3. The average Bonchev–Trinajstić information content (AvgIpc) is 2.73. The number of benzene rings is 1. The minimum Gasteiger partial charge on any atom is -0.384 e. The van der Waals surface area contributed by atoms with Gasteiger partial charge >= 0.3 is 0 Å². The number of thioether (sulfide) groups is 1. The third kappa shape index (κ3) is 9.70. The summed E-state index contributed by atoms with van der Waals surface area (Å²) in [6.07, 6.45) is 3.04. The summed E-state index contributed by atoms with van der Waals surface area (Å²) in [4.78, 5) is 25.4. The van der Waals surface area contributed by atoms with Crippen molar-refractivity contribution in [1.29, 1.82) is 5.41 Å². The lowest BCUT2D eigenvalue weighted by atomic mass is 10.1. The monoisotopic (exact) mass is 471 g/mol. The smallest absolute Gasteiger partial charge is 0.242 e. The fourth-order valence-electron chi connectivity index (χ4n) is 2.76. The van der Waals surface area contributed by atoms with E-state index in [9.17, 15) is 18.0 Å². The van der Waals surface area contributed by atoms with Gasteiger partial charge in [-0.15, -0.1) is 0 Å². The molecule has 0 unspecified atom stereocenters. The number of rotatable bonds is 14. The van der Waals surface area contributed by atoms with Crippen LogP contribution >= 0.6 is 11.8 Å². The molecule has 1 aromatic carbocycles. The Kier molecular flexibility index (Phi) is 11.6. The number of nitrogens with two attached hydrogens (primary N) is 1. The van der Waals surface area contributed by atoms with Gasteiger partial charge in [0.1, 0.15) is 17.9 Å². The Morgan fingerprint density at radius 2 is 1.77 bits per heavy atom. The minimum atomic E-state index is -3.56. The molecule has 0 radical (unpaired) electrons. The second-order valence-electron chi connectivity index (χ2n) is 7.07. The van der Waals surface area contributed by atoms with Gasteiger partial charge < -0.3 is 16.4 Å². The van der Waals surface area contributed by atoms with E-state index in [4.69, 9.17) is 11.1 Å². The molecule has 11 heteroatoms. The first-order chi connectivity index (χ1) is 14.6. The van der Waals surface area contributed by atoms with Crippen LogP contribution in [0.5, 0.6) is 0 Å². The summed E-state index contributed by atoms with van der Waals surface area (Å²) in [5.74, 6) is -0.298. The maximum atomic E-state index is 12.7. The average molecular weight is 472 g/mol. The maximum Gasteiger partial charge on any atom is 0.242 e. The minimum absolute atomic E-state index is 0.0320. The Hall–Kier alpha value is -2.11. The van der Waals surface area contributed by atoms with Crippen molar-refractivity contribution >= 4 is 39.4 Å². The largest absolute Gasteiger partial charge is 0.384 e. The van der Waals surface area contributed by atoms with E-state index in [1.165, 1.54) is 0 Å². The summed E-state index contributed by atoms with van der Waals surface area (Å²) in [5, 5.41) is 12.9. The number of carbonyl (C=O) groups excluding carboxylic acids is 2. The van der Waals surface area contributed by atoms with Crippen molar-refractivity contribution in [3.05, 3.63) is 35.4 Å². The van der Waals surface area contributed by atoms with Crippen LogP contribution in [0, 0.1) is 5.41 Å². The summed E-state index contributed by atoms with van der Waals surface area (Å²) in [6.45, 7) is 3.71. The molecule has 1 aromatic rings. The van der Waals surface area contributed by atoms with Crippen LogP contribution in [0.4, 0.5) is 0 Å². The number of amides is 2. The van der Waals surface area contributed by atoms with Crippen LogP contribution in [-0.4, -0.2) is 55.9 Å². The highest BCUT2D eigenvalue weighted by Crippen LogP contribution is 2.06. The number of hydrogen-bond donors (Lipinski definition) is 5. The molecule has 0 aliphatic heterocycles. The highest BCUT2D eigenvalue weighted by atomic mass is 32.2. The van der Waals surface area contributed by atoms with Crippen molar-refractivity contribution in [1.82, 2.24) is 15.4 Å². The third-order valence-corrected chi connectivity index (χ3v) is 6.73. The molecular formula is C20H33N5O4S2. The van der Waals surface area contributed by atoms with Crippen LogP contribution in [0.2, 0.25) is 0 Å². The number of amidine groups is 1. The Morgan fingerprint density at radius 1 is 1.13 bits per heavy atom. The van der Waals surface area contributed by atoms with E-state index in [2.05, 4.69) is 15.4 Å². The molecule has 31 heavy (non-hydrogen) atoms. The zero-order valence-corrected chi connectivity index (χ0v) is 19.9. The van der Waals surface area contributed by atoms with Gasteiger partial charge in [0.2, 0.25) is 21.8 Å². The molecule has 1 rings (SSSR count). The van der Waals surface area contributed by atoms with Gasteiger partial charge in [0.25, 0.3) is 0 Å². The van der Waals surface area contributed by atoms with Crippen molar-refractivity contribution in [2.24, 2.45) is 5.73 Å². The molecule has 0 saturated carbocycles. The maximum absolute atomic E-state index is 12.7. The summed E-state index contributed by atoms with van der Waals surface area (Å²) < 4.78 is 26.5. The van der Waals surface area contributed by atoms with Crippen molar-refractivity contribution in [2.45, 2.75) is 51.7 Å². The molecule has 174 valence electrons. The first-order valence-corrected chi connectivity index (χ1v) is 13.2. The molecule has 0 bridgehead atoms. The van der Waals surface area contributed by atoms with Gasteiger partial charge in [0.15, 0.2) is 0 Å². The van der Waals surface area contributed by atoms with E-state index in [1.54, 1.807) is 49.9 Å². The topological polar surface area (TPSA) is 154 Å². The first-order valence-electron chi connectivity index (χ1n) is 10.1. The lowest BCUT2D eigenvalue weighted by Gasteiger charge is -2.22. The predicted octanol–water partition coefficient (Wildman–Crippen LogP) is 0.933. The molecule has 2 atom stereocenters. The van der Waals surface area contributed by atoms with Crippen LogP contribution in [0.25, 0.3) is 0 Å². The lowest BCUT2D eigenvalue weighted by molar-refractivity contribution is -0.130. The van der Waals surface area contributed by atoms with E-state index in [-0.39, 0.29) is 30.5 Å². The molecule has 0 spiro atoms. The molecule has 2 amide bonds. The molecule has 0 aliphatic carbocycles. The van der Waals surface area contributed by atoms with E-state index in [0.717, 1.165) is 5.56 Å². The number of nitrogen functional groups attached to an aromatic ring is 1. The summed E-state index contributed by atoms with van der Waals surface area (Å²) >= 11 is 1.55. The number of carbonyl (C=O) groups is 2. The van der Waals surface area contributed by atoms with Gasteiger partial charge in [-0.3, -0.25) is 15.0 Å². The van der Waals surface area contributed by atoms with E-state index in [1.807, 2.05) is 6.26 Å². The van der Waals surface area contributed by atoms with Crippen molar-refractivity contribution in [3.8, 4) is 0 Å². The van der Waals surface area contributed by atoms with Crippen molar-refractivity contribution in [3.63, 3.8) is 0 Å². The molecule has 0 aromatic heterocycles. The molecular weight excluding hydrogens is 438 g/mol. The zero-order chi connectivity index (χ0) is 23.4. The number of hydrogen-bond acceptors (Lipinski definition) is 6. The number of sulfonamides is 1. The molecule has 0 saturated heterocycles. The number of nitrogens with one attached hydrogen (secondary N) is 4. The second kappa shape index (κ2) is 13.3. The second-order valence-corrected chi connectivity index (χ2v) is 9.93. The van der Waals surface area contributed by atoms with E-state index >= 15 is 0 Å². The summed E-state index contributed by atoms with van der Waals surface area (Å²) in [6, 6.07) is 5.22. The van der Waals surface area contributed by atoms with Crippen molar-refractivity contribution in [2.75, 3.05) is 17.8 Å². The summed E-state index contributed by atoms with van der Waals surface area (Å²) in [5.41, 5.74) is 6.86. The van der Waals surface area contributed by atoms with Crippen molar-refractivity contribution < 1.29 is 18.0 Å². The Bertz CT molecular complexity index is 844. The first kappa shape index (κ1) is 26.9. The molecule has 0 fully saturated rings. The summed E-state index contributed by atoms with van der Waals surface area (Å²) in [7, 11) is -3.56. The molecule has 0 aliphatic rings. The zero-order valence-electron chi connectivity index (χ0n) is 18.2. The van der Waals surface area contributed by atoms with E-state index in [0.29, 0.717) is 24.2 Å². The van der Waals surface area contributed by atoms with Crippen LogP contribution in [0.15, 0.2) is 24.3 Å². The standard InChI is InChI=1S/C20H33N5O4S2/c1-4-12-31(28,29)25-16(5-2)20(27)24-17(10-11-30-3)19(26)23-13-14-6-8-15(9-7-14)18(21)22/h6-9,16-17,25H,4-5,10-13H2,1-3H3,(H3,21,22)(H,23,26)(H,24,27)/t16-,17+/m1/s1. The highest BCUT2D eigenvalue weighted by molar-refractivity contribution is 7.98. The third-order valence-electron chi connectivity index (χ3n) is 4.49. The SMILES string of the molecule is CCCS(=O)(=O)N[C@H](CC)C(=O)N[C@@H](CCSC)C(=O)NCc1ccc(C(=N)N)cc1. The lowest BCUT2D eigenvalue weighted by Crippen LogP contribution is -2.53. The van der Waals surface area contributed by atoms with Crippen LogP contribution in [0.3, 0.4) is 0 Å². The van der Waals surface area contributed by atoms with Gasteiger partial charge in [-0.05, 0) is 36.8 Å². The van der Waals surface area contributed by atoms with Gasteiger partial charge in [0.05, 0.1) is 5.75 Å². The van der Waals surface area contributed by atoms with Gasteiger partial charge in [-0.2, -0.15) is 11.8 Å². The molecule has 6 N–H and O–H groups in total. The fraction of sp³-hybridized carbons (Fsp3) is 0.550. The van der Waals surface area contributed by atoms with Gasteiger partial charge in [0, 0.05) is 12.1 Å². The highest BCUT2D eigenvalue weighted by Gasteiger charge is 2.27. The molecule has 0 heterocycles. The molecule has 9 nitrogen and oxygen atoms in total. The van der Waals surface area contributed by atoms with E-state index < -0.39 is 28.0 Å². The predicted molar refractivity (Wildman–Crippen MR) is 126 cm³/mol. The quantitative estimate of drug-likeness (QED) is 0.201. The van der Waals surface area contributed by atoms with Gasteiger partial charge in [-0.25, -0.2) is 13.1 Å².